The minimum atomic E-state index is -1.55. The van der Waals surface area contributed by atoms with Gasteiger partial charge in [-0.15, -0.1) is 5.53 Å². The second kappa shape index (κ2) is 10.3. The number of aliphatic hydroxyl groups is 1. The molecule has 1 unspecified atom stereocenters. The molecule has 38 heavy (non-hydrogen) atoms. The van der Waals surface area contributed by atoms with Gasteiger partial charge < -0.3 is 21.2 Å². The third-order valence-electron chi connectivity index (χ3n) is 6.79. The number of halogens is 2. The lowest BCUT2D eigenvalue weighted by Gasteiger charge is -2.31. The van der Waals surface area contributed by atoms with E-state index < -0.39 is 11.8 Å². The molecule has 198 valence electrons. The van der Waals surface area contributed by atoms with Crippen molar-refractivity contribution < 1.29 is 10.9 Å². The summed E-state index contributed by atoms with van der Waals surface area (Å²) in [4.78, 5) is 4.41. The van der Waals surface area contributed by atoms with E-state index in [1.54, 1.807) is 24.3 Å². The molecule has 2 heterocycles. The average molecular weight is 537 g/mol. The van der Waals surface area contributed by atoms with Crippen LogP contribution >= 0.6 is 11.6 Å². The highest BCUT2D eigenvalue weighted by atomic mass is 35.5. The minimum absolute atomic E-state index is 0.144. The number of anilines is 2. The normalized spacial score (nSPS) is 18.2. The molecule has 0 radical (unpaired) electrons. The molecule has 3 aromatic rings. The van der Waals surface area contributed by atoms with Crippen molar-refractivity contribution >= 4 is 33.9 Å². The molecule has 1 aliphatic heterocycles. The second-order valence-electron chi connectivity index (χ2n) is 10.7. The lowest BCUT2D eigenvalue weighted by molar-refractivity contribution is 0.202. The second-order valence-corrected chi connectivity index (χ2v) is 11.1. The van der Waals surface area contributed by atoms with Crippen LogP contribution in [0.2, 0.25) is 5.02 Å². The lowest BCUT2D eigenvalue weighted by atomic mass is 9.87. The summed E-state index contributed by atoms with van der Waals surface area (Å²) in [6.07, 6.45) is 5.42. The Balaban J connectivity index is 1.61. The molecule has 2 aromatic carbocycles. The molecule has 1 aliphatic carbocycles. The van der Waals surface area contributed by atoms with Crippen LogP contribution in [0.1, 0.15) is 52.1 Å². The molecule has 1 fully saturated rings. The van der Waals surface area contributed by atoms with Crippen LogP contribution < -0.4 is 21.6 Å². The number of hydrazine groups is 2. The van der Waals surface area contributed by atoms with Gasteiger partial charge in [-0.25, -0.2) is 4.39 Å². The fourth-order valence-corrected chi connectivity index (χ4v) is 4.61. The maximum Gasteiger partial charge on any atom is 0.123 e. The zero-order valence-electron chi connectivity index (χ0n) is 22.4. The Labute approximate surface area is 227 Å². The number of pyridine rings is 1. The predicted octanol–water partition coefficient (Wildman–Crippen LogP) is 5.20. The largest absolute Gasteiger partial charge is 0.394 e. The molecule has 5 N–H and O–H groups in total. The van der Waals surface area contributed by atoms with E-state index in [0.29, 0.717) is 50.2 Å². The number of nitrogens with one attached hydrogen (secondary N) is 4. The van der Waals surface area contributed by atoms with Gasteiger partial charge in [-0.05, 0) is 48.1 Å². The van der Waals surface area contributed by atoms with Crippen molar-refractivity contribution in [1.82, 2.24) is 21.0 Å². The first kappa shape index (κ1) is 24.7. The van der Waals surface area contributed by atoms with Crippen molar-refractivity contribution in [3.63, 3.8) is 0 Å². The fourth-order valence-electron chi connectivity index (χ4n) is 4.34. The zero-order chi connectivity index (χ0) is 27.9. The van der Waals surface area contributed by atoms with Gasteiger partial charge in [-0.2, -0.15) is 5.26 Å². The third-order valence-corrected chi connectivity index (χ3v) is 7.08. The number of aliphatic hydroxyl groups excluding tert-OH is 1. The summed E-state index contributed by atoms with van der Waals surface area (Å²) in [6.45, 7) is 5.84. The van der Waals surface area contributed by atoms with E-state index in [2.05, 4.69) is 32.6 Å². The van der Waals surface area contributed by atoms with Crippen LogP contribution in [0.4, 0.5) is 15.8 Å². The Hall–Kier alpha value is -3.58. The van der Waals surface area contributed by atoms with Gasteiger partial charge in [0.2, 0.25) is 0 Å². The number of hydrogen-bond donors (Lipinski definition) is 5. The molecule has 8 nitrogen and oxygen atoms in total. The first-order valence-corrected chi connectivity index (χ1v) is 12.9. The molecule has 2 atom stereocenters. The summed E-state index contributed by atoms with van der Waals surface area (Å²) in [6, 6.07) is 9.86. The van der Waals surface area contributed by atoms with E-state index in [1.807, 2.05) is 32.0 Å². The Bertz CT molecular complexity index is 1470. The van der Waals surface area contributed by atoms with Gasteiger partial charge in [0.05, 0.1) is 47.5 Å². The van der Waals surface area contributed by atoms with Crippen LogP contribution in [0.5, 0.6) is 0 Å². The highest BCUT2D eigenvalue weighted by Gasteiger charge is 2.32. The zero-order valence-corrected chi connectivity index (χ0v) is 22.2. The summed E-state index contributed by atoms with van der Waals surface area (Å²) in [5, 5.41) is 29.4. The standard InChI is InChI=1S/C28H31ClFN7O/c1-28(2,3)24(15-38)34-25-17(12-31)13-32-27-21(25)10-19(11-22(27)29)33-26(16-4-6-18(30)7-5-16)23-14-37(36-35-23)20-8-9-20/h4-7,10-11,13-14,20,24,26,33,35-36,38H,8-9,15H2,1-3H3,(H,32,34)/t24-,26?/m0/s1/i26D. The van der Waals surface area contributed by atoms with Crippen LogP contribution in [0.25, 0.3) is 10.9 Å². The van der Waals surface area contributed by atoms with Crippen molar-refractivity contribution in [2.75, 3.05) is 17.2 Å². The molecule has 0 bridgehead atoms. The van der Waals surface area contributed by atoms with Gasteiger partial charge in [-0.1, -0.05) is 44.5 Å². The molecular weight excluding hydrogens is 505 g/mol. The summed E-state index contributed by atoms with van der Waals surface area (Å²) in [5.74, 6) is -0.399. The Kier molecular flexibility index (Phi) is 6.70. The summed E-state index contributed by atoms with van der Waals surface area (Å²) in [5.41, 5.74) is 8.70. The van der Waals surface area contributed by atoms with E-state index in [9.17, 15) is 16.1 Å². The molecular formula is C28H31ClFN7O. The first-order chi connectivity index (χ1) is 18.5. The monoisotopic (exact) mass is 536 g/mol. The van der Waals surface area contributed by atoms with E-state index in [4.69, 9.17) is 11.6 Å². The van der Waals surface area contributed by atoms with Crippen molar-refractivity contribution in [3.05, 3.63) is 76.5 Å². The highest BCUT2D eigenvalue weighted by molar-refractivity contribution is 6.35. The fraction of sp³-hybridized carbons (Fsp3) is 0.357. The predicted molar refractivity (Wildman–Crippen MR) is 147 cm³/mol. The van der Waals surface area contributed by atoms with Crippen molar-refractivity contribution in [2.24, 2.45) is 5.41 Å². The molecule has 1 saturated carbocycles. The van der Waals surface area contributed by atoms with Gasteiger partial charge >= 0.3 is 0 Å². The van der Waals surface area contributed by atoms with Crippen LogP contribution in [0.15, 0.2) is 54.5 Å². The average Bonchev–Trinajstić information content (AvgIpc) is 3.62. The number of nitriles is 1. The lowest BCUT2D eigenvalue weighted by Crippen LogP contribution is -2.38. The van der Waals surface area contributed by atoms with Crippen molar-refractivity contribution in [1.29, 1.82) is 5.26 Å². The first-order valence-electron chi connectivity index (χ1n) is 13.0. The van der Waals surface area contributed by atoms with E-state index in [0.717, 1.165) is 12.8 Å². The Morgan fingerprint density at radius 1 is 1.29 bits per heavy atom. The molecule has 2 aliphatic rings. The smallest absolute Gasteiger partial charge is 0.123 e. The van der Waals surface area contributed by atoms with Gasteiger partial charge in [0.25, 0.3) is 0 Å². The molecule has 0 saturated heterocycles. The van der Waals surface area contributed by atoms with Crippen LogP contribution in [-0.4, -0.2) is 33.8 Å². The third kappa shape index (κ3) is 5.34. The van der Waals surface area contributed by atoms with Crippen LogP contribution in [0, 0.1) is 22.6 Å². The van der Waals surface area contributed by atoms with Crippen molar-refractivity contribution in [3.8, 4) is 6.07 Å². The summed E-state index contributed by atoms with van der Waals surface area (Å²) >= 11 is 6.69. The molecule has 1 aromatic heterocycles. The maximum atomic E-state index is 13.8. The minimum Gasteiger partial charge on any atom is -0.394 e. The SMILES string of the molecule is [2H]C(Nc1cc(Cl)c2ncc(C#N)c(N[C@@H](CO)C(C)(C)C)c2c1)(C1=CN(C2CC2)NN1)c1ccc(F)cc1. The highest BCUT2D eigenvalue weighted by Crippen LogP contribution is 2.37. The number of fused-ring (bicyclic) bond motifs is 1. The van der Waals surface area contributed by atoms with Gasteiger partial charge in [0, 0.05) is 29.5 Å². The maximum absolute atomic E-state index is 13.8. The van der Waals surface area contributed by atoms with Gasteiger partial charge in [0.1, 0.15) is 11.9 Å². The van der Waals surface area contributed by atoms with Crippen LogP contribution in [0.3, 0.4) is 0 Å². The number of aromatic nitrogens is 1. The summed E-state index contributed by atoms with van der Waals surface area (Å²) in [7, 11) is 0. The summed E-state index contributed by atoms with van der Waals surface area (Å²) < 4.78 is 23.4. The van der Waals surface area contributed by atoms with Crippen molar-refractivity contribution in [2.45, 2.75) is 51.7 Å². The number of nitrogens with zero attached hydrogens (tertiary/aromatic N) is 3. The Morgan fingerprint density at radius 2 is 2.03 bits per heavy atom. The Morgan fingerprint density at radius 3 is 2.66 bits per heavy atom. The van der Waals surface area contributed by atoms with Gasteiger partial charge in [-0.3, -0.25) is 9.99 Å². The molecule has 0 spiro atoms. The number of rotatable bonds is 8. The number of benzene rings is 2. The topological polar surface area (TPSA) is 108 Å². The van der Waals surface area contributed by atoms with E-state index >= 15 is 0 Å². The van der Waals surface area contributed by atoms with E-state index in [1.165, 1.54) is 18.3 Å². The van der Waals surface area contributed by atoms with E-state index in [-0.39, 0.29) is 18.1 Å². The van der Waals surface area contributed by atoms with Crippen LogP contribution in [-0.2, 0) is 0 Å². The molecule has 5 rings (SSSR count). The number of hydrogen-bond acceptors (Lipinski definition) is 8. The quantitative estimate of drug-likeness (QED) is 0.267. The molecule has 10 heteroatoms. The van der Waals surface area contributed by atoms with Gasteiger partial charge in [0.15, 0.2) is 0 Å². The molecule has 0 amide bonds.